The quantitative estimate of drug-likeness (QED) is 0.600. The molecule has 1 aromatic heterocycles. The van der Waals surface area contributed by atoms with Crippen LogP contribution in [-0.4, -0.2) is 17.6 Å². The summed E-state index contributed by atoms with van der Waals surface area (Å²) < 4.78 is 4.97. The van der Waals surface area contributed by atoms with Crippen LogP contribution in [0.2, 0.25) is 5.02 Å². The molecule has 1 heterocycles. The Labute approximate surface area is 106 Å². The number of pyridine rings is 1. The minimum Gasteiger partial charge on any atom is -0.462 e. The van der Waals surface area contributed by atoms with Crippen molar-refractivity contribution in [1.82, 2.24) is 4.98 Å². The summed E-state index contributed by atoms with van der Waals surface area (Å²) in [5.41, 5.74) is 2.48. The number of aryl methyl sites for hydroxylation is 1. The van der Waals surface area contributed by atoms with Gasteiger partial charge >= 0.3 is 5.97 Å². The van der Waals surface area contributed by atoms with Crippen molar-refractivity contribution in [3.8, 4) is 0 Å². The number of ether oxygens (including phenoxy) is 1. The van der Waals surface area contributed by atoms with E-state index in [1.807, 2.05) is 0 Å². The van der Waals surface area contributed by atoms with Gasteiger partial charge in [-0.15, -0.1) is 0 Å². The minimum atomic E-state index is -0.378. The maximum Gasteiger partial charge on any atom is 0.341 e. The van der Waals surface area contributed by atoms with Crippen molar-refractivity contribution in [3.05, 3.63) is 28.0 Å². The first kappa shape index (κ1) is 12.4. The van der Waals surface area contributed by atoms with Gasteiger partial charge in [-0.05, 0) is 38.2 Å². The van der Waals surface area contributed by atoms with Crippen molar-refractivity contribution < 1.29 is 9.53 Å². The van der Waals surface area contributed by atoms with Crippen LogP contribution in [-0.2, 0) is 17.6 Å². The number of hydrogen-bond acceptors (Lipinski definition) is 3. The van der Waals surface area contributed by atoms with E-state index in [0.717, 1.165) is 36.9 Å². The summed E-state index contributed by atoms with van der Waals surface area (Å²) in [6, 6.07) is 0. The van der Waals surface area contributed by atoms with Gasteiger partial charge in [0.05, 0.1) is 17.2 Å². The molecule has 0 amide bonds. The highest BCUT2D eigenvalue weighted by Crippen LogP contribution is 2.28. The van der Waals surface area contributed by atoms with Crippen LogP contribution in [0.4, 0.5) is 0 Å². The maximum atomic E-state index is 11.7. The Kier molecular flexibility index (Phi) is 4.00. The zero-order chi connectivity index (χ0) is 12.3. The van der Waals surface area contributed by atoms with E-state index < -0.39 is 0 Å². The molecular formula is C13H16ClNO2. The van der Waals surface area contributed by atoms with Crippen LogP contribution >= 0.6 is 11.6 Å². The second-order valence-electron chi connectivity index (χ2n) is 4.19. The Morgan fingerprint density at radius 1 is 1.41 bits per heavy atom. The molecule has 17 heavy (non-hydrogen) atoms. The average molecular weight is 254 g/mol. The van der Waals surface area contributed by atoms with Gasteiger partial charge in [-0.3, -0.25) is 4.98 Å². The molecule has 0 bridgehead atoms. The first-order valence-electron chi connectivity index (χ1n) is 6.07. The third-order valence-corrected chi connectivity index (χ3v) is 3.47. The second-order valence-corrected chi connectivity index (χ2v) is 4.57. The number of rotatable bonds is 2. The van der Waals surface area contributed by atoms with E-state index in [-0.39, 0.29) is 5.97 Å². The SMILES string of the molecule is CCOC(=O)c1cnc2c(c1Cl)CCCCC2. The second kappa shape index (κ2) is 5.50. The Bertz CT molecular complexity index is 432. The lowest BCUT2D eigenvalue weighted by Crippen LogP contribution is -2.09. The number of carbonyl (C=O) groups is 1. The molecule has 1 aliphatic rings. The number of nitrogens with zero attached hydrogens (tertiary/aromatic N) is 1. The molecule has 0 aromatic carbocycles. The number of aromatic nitrogens is 1. The fraction of sp³-hybridized carbons (Fsp3) is 0.538. The molecule has 92 valence electrons. The third kappa shape index (κ3) is 2.60. The Morgan fingerprint density at radius 2 is 2.18 bits per heavy atom. The molecule has 0 spiro atoms. The predicted octanol–water partition coefficient (Wildman–Crippen LogP) is 3.18. The number of hydrogen-bond donors (Lipinski definition) is 0. The van der Waals surface area contributed by atoms with Gasteiger partial charge in [0.15, 0.2) is 0 Å². The van der Waals surface area contributed by atoms with E-state index in [9.17, 15) is 4.79 Å². The van der Waals surface area contributed by atoms with Gasteiger partial charge in [0.1, 0.15) is 0 Å². The van der Waals surface area contributed by atoms with E-state index in [2.05, 4.69) is 4.98 Å². The number of esters is 1. The lowest BCUT2D eigenvalue weighted by atomic mass is 10.1. The van der Waals surface area contributed by atoms with Crippen LogP contribution in [0, 0.1) is 0 Å². The maximum absolute atomic E-state index is 11.7. The topological polar surface area (TPSA) is 39.2 Å². The Hall–Kier alpha value is -1.09. The molecule has 0 aliphatic heterocycles. The molecule has 0 radical (unpaired) electrons. The molecule has 0 N–H and O–H groups in total. The summed E-state index contributed by atoms with van der Waals surface area (Å²) in [6.45, 7) is 2.13. The molecule has 0 unspecified atom stereocenters. The fourth-order valence-electron chi connectivity index (χ4n) is 2.16. The Morgan fingerprint density at radius 3 is 2.94 bits per heavy atom. The van der Waals surface area contributed by atoms with Gasteiger partial charge in [-0.25, -0.2) is 4.79 Å². The summed E-state index contributed by atoms with van der Waals surface area (Å²) in [4.78, 5) is 16.0. The van der Waals surface area contributed by atoms with Crippen molar-refractivity contribution in [1.29, 1.82) is 0 Å². The normalized spacial score (nSPS) is 14.9. The summed E-state index contributed by atoms with van der Waals surface area (Å²) in [7, 11) is 0. The van der Waals surface area contributed by atoms with Gasteiger partial charge in [0.25, 0.3) is 0 Å². The molecule has 1 aromatic rings. The van der Waals surface area contributed by atoms with Crippen molar-refractivity contribution in [3.63, 3.8) is 0 Å². The first-order valence-corrected chi connectivity index (χ1v) is 6.45. The summed E-state index contributed by atoms with van der Waals surface area (Å²) in [6.07, 6.45) is 6.87. The largest absolute Gasteiger partial charge is 0.462 e. The van der Waals surface area contributed by atoms with Crippen LogP contribution in [0.25, 0.3) is 0 Å². The van der Waals surface area contributed by atoms with Gasteiger partial charge in [-0.1, -0.05) is 18.0 Å². The Balaban J connectivity index is 2.37. The molecule has 0 atom stereocenters. The van der Waals surface area contributed by atoms with E-state index in [1.54, 1.807) is 13.1 Å². The summed E-state index contributed by atoms with van der Waals surface area (Å²) in [5.74, 6) is -0.378. The van der Waals surface area contributed by atoms with E-state index >= 15 is 0 Å². The van der Waals surface area contributed by atoms with Crippen LogP contribution in [0.3, 0.4) is 0 Å². The van der Waals surface area contributed by atoms with Crippen molar-refractivity contribution in [2.45, 2.75) is 39.0 Å². The standard InChI is InChI=1S/C13H16ClNO2/c1-2-17-13(16)10-8-15-11-7-5-3-4-6-9(11)12(10)14/h8H,2-7H2,1H3. The molecular weight excluding hydrogens is 238 g/mol. The molecule has 4 heteroatoms. The van der Waals surface area contributed by atoms with Crippen LogP contribution in [0.15, 0.2) is 6.20 Å². The van der Waals surface area contributed by atoms with E-state index in [0.29, 0.717) is 17.2 Å². The molecule has 3 nitrogen and oxygen atoms in total. The molecule has 0 saturated carbocycles. The van der Waals surface area contributed by atoms with Crippen molar-refractivity contribution in [2.24, 2.45) is 0 Å². The number of fused-ring (bicyclic) bond motifs is 1. The molecule has 1 aliphatic carbocycles. The highest BCUT2D eigenvalue weighted by molar-refractivity contribution is 6.34. The van der Waals surface area contributed by atoms with Crippen molar-refractivity contribution >= 4 is 17.6 Å². The lowest BCUT2D eigenvalue weighted by molar-refractivity contribution is 0.0526. The summed E-state index contributed by atoms with van der Waals surface area (Å²) in [5, 5.41) is 0.537. The third-order valence-electron chi connectivity index (χ3n) is 3.03. The van der Waals surface area contributed by atoms with Crippen LogP contribution < -0.4 is 0 Å². The fourth-order valence-corrected chi connectivity index (χ4v) is 2.49. The number of carbonyl (C=O) groups excluding carboxylic acids is 1. The van der Waals surface area contributed by atoms with Crippen LogP contribution in [0.5, 0.6) is 0 Å². The highest BCUT2D eigenvalue weighted by atomic mass is 35.5. The predicted molar refractivity (Wildman–Crippen MR) is 66.5 cm³/mol. The van der Waals surface area contributed by atoms with E-state index in [1.165, 1.54) is 6.42 Å². The molecule has 0 saturated heterocycles. The smallest absolute Gasteiger partial charge is 0.341 e. The average Bonchev–Trinajstić information content (AvgIpc) is 2.55. The zero-order valence-electron chi connectivity index (χ0n) is 9.96. The van der Waals surface area contributed by atoms with Gasteiger partial charge in [0, 0.05) is 11.9 Å². The monoisotopic (exact) mass is 253 g/mol. The number of halogens is 1. The van der Waals surface area contributed by atoms with Crippen molar-refractivity contribution in [2.75, 3.05) is 6.61 Å². The first-order chi connectivity index (χ1) is 8.24. The highest BCUT2D eigenvalue weighted by Gasteiger charge is 2.19. The minimum absolute atomic E-state index is 0.353. The van der Waals surface area contributed by atoms with Gasteiger partial charge < -0.3 is 4.74 Å². The lowest BCUT2D eigenvalue weighted by Gasteiger charge is -2.10. The molecule has 2 rings (SSSR count). The zero-order valence-corrected chi connectivity index (χ0v) is 10.7. The van der Waals surface area contributed by atoms with Crippen LogP contribution in [0.1, 0.15) is 47.8 Å². The molecule has 0 fully saturated rings. The van der Waals surface area contributed by atoms with E-state index in [4.69, 9.17) is 16.3 Å². The summed E-state index contributed by atoms with van der Waals surface area (Å²) >= 11 is 6.29. The van der Waals surface area contributed by atoms with Gasteiger partial charge in [-0.2, -0.15) is 0 Å². The van der Waals surface area contributed by atoms with Gasteiger partial charge in [0.2, 0.25) is 0 Å².